The van der Waals surface area contributed by atoms with Gasteiger partial charge in [-0.05, 0) is 18.6 Å². The lowest BCUT2D eigenvalue weighted by atomic mass is 10.4. The number of hydrogen-bond acceptors (Lipinski definition) is 4. The molecule has 0 aliphatic rings. The molecule has 0 saturated heterocycles. The molecule has 0 aliphatic carbocycles. The summed E-state index contributed by atoms with van der Waals surface area (Å²) in [6.07, 6.45) is 4.27. The van der Waals surface area contributed by atoms with E-state index < -0.39 is 10.0 Å². The van der Waals surface area contributed by atoms with Gasteiger partial charge in [0.2, 0.25) is 10.0 Å². The van der Waals surface area contributed by atoms with Gasteiger partial charge in [0.25, 0.3) is 0 Å². The summed E-state index contributed by atoms with van der Waals surface area (Å²) in [5.41, 5.74) is 5.25. The smallest absolute Gasteiger partial charge is 0.250 e. The predicted molar refractivity (Wildman–Crippen MR) is 67.1 cm³/mol. The van der Waals surface area contributed by atoms with Crippen LogP contribution in [-0.4, -0.2) is 21.5 Å². The molecule has 0 saturated carbocycles. The summed E-state index contributed by atoms with van der Waals surface area (Å²) >= 11 is 1.30. The Balaban J connectivity index is 2.66. The Morgan fingerprint density at radius 1 is 1.44 bits per heavy atom. The van der Waals surface area contributed by atoms with Gasteiger partial charge < -0.3 is 5.73 Å². The van der Waals surface area contributed by atoms with Gasteiger partial charge in [-0.2, -0.15) is 0 Å². The highest BCUT2D eigenvalue weighted by Crippen LogP contribution is 2.21. The standard InChI is InChI=1S/C10H16N2O2S2/c1-2-9-5-6-10(15-9)16(13,14)12-8-4-3-7-11/h3-6,12H,2,7-8,11H2,1H3/b4-3+. The molecule has 90 valence electrons. The topological polar surface area (TPSA) is 72.2 Å². The average molecular weight is 260 g/mol. The van der Waals surface area contributed by atoms with Crippen molar-refractivity contribution in [1.29, 1.82) is 0 Å². The Bertz CT molecular complexity index is 449. The Kier molecular flexibility index (Phi) is 5.14. The number of thiophene rings is 1. The average Bonchev–Trinajstić information content (AvgIpc) is 2.73. The molecule has 0 spiro atoms. The molecule has 0 radical (unpaired) electrons. The number of nitrogens with one attached hydrogen (secondary N) is 1. The van der Waals surface area contributed by atoms with E-state index >= 15 is 0 Å². The Labute approximate surface area is 100 Å². The summed E-state index contributed by atoms with van der Waals surface area (Å²) in [6, 6.07) is 3.48. The molecule has 3 N–H and O–H groups in total. The lowest BCUT2D eigenvalue weighted by Gasteiger charge is -2.00. The normalized spacial score (nSPS) is 12.4. The lowest BCUT2D eigenvalue weighted by Crippen LogP contribution is -2.22. The predicted octanol–water partition coefficient (Wildman–Crippen LogP) is 1.10. The van der Waals surface area contributed by atoms with Crippen molar-refractivity contribution in [3.63, 3.8) is 0 Å². The molecular weight excluding hydrogens is 244 g/mol. The van der Waals surface area contributed by atoms with E-state index in [9.17, 15) is 8.42 Å². The van der Waals surface area contributed by atoms with Gasteiger partial charge in [-0.25, -0.2) is 13.1 Å². The zero-order valence-corrected chi connectivity index (χ0v) is 10.8. The van der Waals surface area contributed by atoms with Gasteiger partial charge in [-0.1, -0.05) is 19.1 Å². The first-order chi connectivity index (χ1) is 7.60. The van der Waals surface area contributed by atoms with Crippen LogP contribution in [0.2, 0.25) is 0 Å². The van der Waals surface area contributed by atoms with Crippen LogP contribution in [-0.2, 0) is 16.4 Å². The Morgan fingerprint density at radius 3 is 2.75 bits per heavy atom. The fraction of sp³-hybridized carbons (Fsp3) is 0.400. The van der Waals surface area contributed by atoms with Crippen molar-refractivity contribution in [3.05, 3.63) is 29.2 Å². The van der Waals surface area contributed by atoms with Crippen molar-refractivity contribution < 1.29 is 8.42 Å². The van der Waals surface area contributed by atoms with Gasteiger partial charge in [-0.3, -0.25) is 0 Å². The van der Waals surface area contributed by atoms with Crippen LogP contribution in [0.25, 0.3) is 0 Å². The SMILES string of the molecule is CCc1ccc(S(=O)(=O)NC/C=C/CN)s1. The van der Waals surface area contributed by atoms with Crippen LogP contribution in [0, 0.1) is 0 Å². The summed E-state index contributed by atoms with van der Waals surface area (Å²) in [5, 5.41) is 0. The maximum atomic E-state index is 11.8. The van der Waals surface area contributed by atoms with Crippen LogP contribution in [0.3, 0.4) is 0 Å². The van der Waals surface area contributed by atoms with Gasteiger partial charge in [-0.15, -0.1) is 11.3 Å². The lowest BCUT2D eigenvalue weighted by molar-refractivity contribution is 0.587. The summed E-state index contributed by atoms with van der Waals surface area (Å²) in [5.74, 6) is 0. The number of rotatable bonds is 6. The quantitative estimate of drug-likeness (QED) is 0.752. The molecule has 1 aromatic heterocycles. The van der Waals surface area contributed by atoms with Gasteiger partial charge in [0.15, 0.2) is 0 Å². The summed E-state index contributed by atoms with van der Waals surface area (Å²) in [7, 11) is -3.35. The van der Waals surface area contributed by atoms with Gasteiger partial charge in [0.1, 0.15) is 4.21 Å². The zero-order valence-electron chi connectivity index (χ0n) is 9.14. The third-order valence-electron chi connectivity index (χ3n) is 1.94. The molecule has 0 aromatic carbocycles. The van der Waals surface area contributed by atoms with E-state index in [1.807, 2.05) is 13.0 Å². The van der Waals surface area contributed by atoms with Gasteiger partial charge in [0.05, 0.1) is 0 Å². The maximum absolute atomic E-state index is 11.8. The maximum Gasteiger partial charge on any atom is 0.250 e. The molecule has 1 aromatic rings. The van der Waals surface area contributed by atoms with Crippen molar-refractivity contribution in [3.8, 4) is 0 Å². The minimum atomic E-state index is -3.35. The van der Waals surface area contributed by atoms with Crippen molar-refractivity contribution in [2.75, 3.05) is 13.1 Å². The number of aryl methyl sites for hydroxylation is 1. The molecule has 0 atom stereocenters. The van der Waals surface area contributed by atoms with Gasteiger partial charge in [0, 0.05) is 18.0 Å². The largest absolute Gasteiger partial charge is 0.327 e. The molecule has 1 heterocycles. The second-order valence-electron chi connectivity index (χ2n) is 3.13. The monoisotopic (exact) mass is 260 g/mol. The second-order valence-corrected chi connectivity index (χ2v) is 6.30. The van der Waals surface area contributed by atoms with E-state index in [1.54, 1.807) is 18.2 Å². The number of sulfonamides is 1. The zero-order chi connectivity index (χ0) is 12.0. The molecule has 0 unspecified atom stereocenters. The van der Waals surface area contributed by atoms with Crippen LogP contribution in [0.15, 0.2) is 28.5 Å². The fourth-order valence-corrected chi connectivity index (χ4v) is 3.42. The first-order valence-corrected chi connectivity index (χ1v) is 7.33. The molecule has 1 rings (SSSR count). The Hall–Kier alpha value is -0.690. The van der Waals surface area contributed by atoms with E-state index in [0.29, 0.717) is 10.8 Å². The molecule has 0 amide bonds. The summed E-state index contributed by atoms with van der Waals surface area (Å²) in [4.78, 5) is 1.07. The van der Waals surface area contributed by atoms with E-state index in [2.05, 4.69) is 4.72 Å². The fourth-order valence-electron chi connectivity index (χ4n) is 1.10. The molecule has 0 fully saturated rings. The van der Waals surface area contributed by atoms with Crippen LogP contribution < -0.4 is 10.5 Å². The van der Waals surface area contributed by atoms with E-state index in [-0.39, 0.29) is 6.54 Å². The Morgan fingerprint density at radius 2 is 2.19 bits per heavy atom. The van der Waals surface area contributed by atoms with Crippen LogP contribution in [0.5, 0.6) is 0 Å². The molecule has 4 nitrogen and oxygen atoms in total. The molecule has 0 aliphatic heterocycles. The van der Waals surface area contributed by atoms with Crippen molar-refractivity contribution >= 4 is 21.4 Å². The summed E-state index contributed by atoms with van der Waals surface area (Å²) < 4.78 is 26.4. The van der Waals surface area contributed by atoms with E-state index in [1.165, 1.54) is 11.3 Å². The van der Waals surface area contributed by atoms with Crippen molar-refractivity contribution in [2.24, 2.45) is 5.73 Å². The third kappa shape index (κ3) is 3.71. The van der Waals surface area contributed by atoms with E-state index in [4.69, 9.17) is 5.73 Å². The number of hydrogen-bond donors (Lipinski definition) is 2. The van der Waals surface area contributed by atoms with Crippen molar-refractivity contribution in [2.45, 2.75) is 17.6 Å². The van der Waals surface area contributed by atoms with Crippen LogP contribution in [0.4, 0.5) is 0 Å². The van der Waals surface area contributed by atoms with Gasteiger partial charge >= 0.3 is 0 Å². The molecular formula is C10H16N2O2S2. The minimum absolute atomic E-state index is 0.277. The van der Waals surface area contributed by atoms with E-state index in [0.717, 1.165) is 11.3 Å². The molecule has 16 heavy (non-hydrogen) atoms. The highest BCUT2D eigenvalue weighted by Gasteiger charge is 2.14. The van der Waals surface area contributed by atoms with Crippen LogP contribution >= 0.6 is 11.3 Å². The first-order valence-electron chi connectivity index (χ1n) is 5.03. The van der Waals surface area contributed by atoms with Crippen LogP contribution in [0.1, 0.15) is 11.8 Å². The number of nitrogens with two attached hydrogens (primary N) is 1. The highest BCUT2D eigenvalue weighted by molar-refractivity contribution is 7.91. The molecule has 6 heteroatoms. The van der Waals surface area contributed by atoms with Crippen molar-refractivity contribution in [1.82, 2.24) is 4.72 Å². The summed E-state index contributed by atoms with van der Waals surface area (Å²) in [6.45, 7) is 2.69. The second kappa shape index (κ2) is 6.15. The first kappa shape index (κ1) is 13.4. The molecule has 0 bridgehead atoms. The minimum Gasteiger partial charge on any atom is -0.327 e. The third-order valence-corrected chi connectivity index (χ3v) is 5.09. The highest BCUT2D eigenvalue weighted by atomic mass is 32.2.